The predicted octanol–water partition coefficient (Wildman–Crippen LogP) is 1.71. The zero-order valence-corrected chi connectivity index (χ0v) is 15.5. The number of halogens is 2. The van der Waals surface area contributed by atoms with Crippen LogP contribution in [0.15, 0.2) is 42.7 Å². The maximum Gasteiger partial charge on any atom is 0.258 e. The summed E-state index contributed by atoms with van der Waals surface area (Å²) in [5.41, 5.74) is -0.383. The Morgan fingerprint density at radius 3 is 2.61 bits per heavy atom. The zero-order chi connectivity index (χ0) is 19.9. The minimum atomic E-state index is -0.613. The Balaban J connectivity index is 1.24. The number of ether oxygens (including phenoxy) is 1. The standard InChI is InChI=1S/C19H17ClFN3O4/c20-14-4-3-13(6-15(14)21)28-8-16(25)22-18-9-19(10-18,11-18)23-17(26)12-2-1-5-24(27)7-12/h1-7H,8-11H2,(H,22,25)(H,23,26). The number of nitrogens with zero attached hydrogens (tertiary/aromatic N) is 1. The molecule has 3 fully saturated rings. The molecule has 0 atom stereocenters. The SMILES string of the molecule is O=C(COc1ccc(Cl)c(F)c1)NC12CC(NC(=O)c3ccc[n+]([O-])c3)(C1)C2. The van der Waals surface area contributed by atoms with E-state index in [1.807, 2.05) is 0 Å². The van der Waals surface area contributed by atoms with Crippen LogP contribution in [0.2, 0.25) is 5.02 Å². The van der Waals surface area contributed by atoms with Gasteiger partial charge >= 0.3 is 0 Å². The largest absolute Gasteiger partial charge is 0.619 e. The van der Waals surface area contributed by atoms with Gasteiger partial charge in [-0.05, 0) is 37.5 Å². The minimum Gasteiger partial charge on any atom is -0.619 e. The van der Waals surface area contributed by atoms with Gasteiger partial charge in [0.25, 0.3) is 11.8 Å². The van der Waals surface area contributed by atoms with E-state index in [0.717, 1.165) is 6.07 Å². The maximum atomic E-state index is 13.4. The predicted molar refractivity (Wildman–Crippen MR) is 97.2 cm³/mol. The second-order valence-electron chi connectivity index (χ2n) is 7.41. The first-order valence-electron chi connectivity index (χ1n) is 8.68. The molecule has 0 spiro atoms. The van der Waals surface area contributed by atoms with E-state index >= 15 is 0 Å². The van der Waals surface area contributed by atoms with Crippen molar-refractivity contribution in [3.63, 3.8) is 0 Å². The number of benzene rings is 1. The molecule has 3 aliphatic carbocycles. The summed E-state index contributed by atoms with van der Waals surface area (Å²) in [5.74, 6) is -1.02. The van der Waals surface area contributed by atoms with E-state index in [9.17, 15) is 19.2 Å². The van der Waals surface area contributed by atoms with Gasteiger partial charge in [0.2, 0.25) is 0 Å². The number of amides is 2. The molecule has 7 nitrogen and oxygen atoms in total. The number of pyridine rings is 1. The van der Waals surface area contributed by atoms with Gasteiger partial charge < -0.3 is 20.6 Å². The van der Waals surface area contributed by atoms with Crippen molar-refractivity contribution in [2.45, 2.75) is 30.3 Å². The summed E-state index contributed by atoms with van der Waals surface area (Å²) in [6, 6.07) is 7.05. The fraction of sp³-hybridized carbons (Fsp3) is 0.316. The Bertz CT molecular complexity index is 948. The number of carbonyl (C=O) groups is 2. The highest BCUT2D eigenvalue weighted by molar-refractivity contribution is 6.30. The molecule has 2 N–H and O–H groups in total. The van der Waals surface area contributed by atoms with Crippen LogP contribution in [0.4, 0.5) is 4.39 Å². The fourth-order valence-electron chi connectivity index (χ4n) is 4.00. The van der Waals surface area contributed by atoms with E-state index in [1.54, 1.807) is 6.07 Å². The summed E-state index contributed by atoms with van der Waals surface area (Å²) in [6.07, 6.45) is 4.39. The molecule has 2 amide bonds. The third-order valence-corrected chi connectivity index (χ3v) is 5.42. The van der Waals surface area contributed by atoms with Gasteiger partial charge in [-0.1, -0.05) is 11.6 Å². The van der Waals surface area contributed by atoms with Crippen LogP contribution in [-0.4, -0.2) is 29.5 Å². The number of aromatic nitrogens is 1. The monoisotopic (exact) mass is 405 g/mol. The van der Waals surface area contributed by atoms with Gasteiger partial charge in [-0.3, -0.25) is 9.59 Å². The van der Waals surface area contributed by atoms with E-state index in [4.69, 9.17) is 16.3 Å². The molecule has 2 bridgehead atoms. The topological polar surface area (TPSA) is 94.4 Å². The number of carbonyl (C=O) groups excluding carboxylic acids is 2. The first-order valence-corrected chi connectivity index (χ1v) is 9.06. The van der Waals surface area contributed by atoms with E-state index < -0.39 is 5.82 Å². The van der Waals surface area contributed by atoms with Crippen molar-refractivity contribution in [1.82, 2.24) is 10.6 Å². The van der Waals surface area contributed by atoms with Crippen LogP contribution in [0, 0.1) is 11.0 Å². The highest BCUT2D eigenvalue weighted by atomic mass is 35.5. The Kier molecular flexibility index (Phi) is 4.38. The summed E-state index contributed by atoms with van der Waals surface area (Å²) in [6.45, 7) is -0.240. The molecule has 1 heterocycles. The van der Waals surface area contributed by atoms with Gasteiger partial charge in [-0.15, -0.1) is 0 Å². The summed E-state index contributed by atoms with van der Waals surface area (Å²) in [7, 11) is 0. The second-order valence-corrected chi connectivity index (χ2v) is 7.82. The number of nitrogens with one attached hydrogen (secondary N) is 2. The van der Waals surface area contributed by atoms with Gasteiger partial charge in [0.1, 0.15) is 17.1 Å². The van der Waals surface area contributed by atoms with E-state index in [1.165, 1.54) is 30.6 Å². The smallest absolute Gasteiger partial charge is 0.258 e. The van der Waals surface area contributed by atoms with Crippen LogP contribution in [0.1, 0.15) is 29.6 Å². The molecule has 0 aliphatic heterocycles. The number of hydrogen-bond donors (Lipinski definition) is 2. The summed E-state index contributed by atoms with van der Waals surface area (Å²) in [4.78, 5) is 24.4. The van der Waals surface area contributed by atoms with Gasteiger partial charge in [-0.2, -0.15) is 4.73 Å². The fourth-order valence-corrected chi connectivity index (χ4v) is 4.12. The van der Waals surface area contributed by atoms with Crippen molar-refractivity contribution in [3.8, 4) is 5.75 Å². The highest BCUT2D eigenvalue weighted by Gasteiger charge is 2.69. The molecule has 1 aromatic carbocycles. The zero-order valence-electron chi connectivity index (χ0n) is 14.7. The van der Waals surface area contributed by atoms with Gasteiger partial charge in [0.05, 0.1) is 5.02 Å². The molecular weight excluding hydrogens is 389 g/mol. The first-order chi connectivity index (χ1) is 13.3. The highest BCUT2D eigenvalue weighted by Crippen LogP contribution is 2.60. The Morgan fingerprint density at radius 1 is 1.21 bits per heavy atom. The molecule has 0 unspecified atom stereocenters. The van der Waals surface area contributed by atoms with Crippen LogP contribution in [0.3, 0.4) is 0 Å². The van der Waals surface area contributed by atoms with Crippen LogP contribution < -0.4 is 20.1 Å². The lowest BCUT2D eigenvalue weighted by Crippen LogP contribution is -2.84. The minimum absolute atomic E-state index is 0.0152. The van der Waals surface area contributed by atoms with Crippen molar-refractivity contribution in [3.05, 3.63) is 64.3 Å². The van der Waals surface area contributed by atoms with Gasteiger partial charge in [-0.25, -0.2) is 4.39 Å². The van der Waals surface area contributed by atoms with Gasteiger partial charge in [0.15, 0.2) is 19.0 Å². The van der Waals surface area contributed by atoms with E-state index in [2.05, 4.69) is 10.6 Å². The van der Waals surface area contributed by atoms with Crippen LogP contribution >= 0.6 is 11.6 Å². The summed E-state index contributed by atoms with van der Waals surface area (Å²) < 4.78 is 19.2. The van der Waals surface area contributed by atoms with Crippen molar-refractivity contribution in [1.29, 1.82) is 0 Å². The Labute approximate surface area is 165 Å². The number of hydrogen-bond acceptors (Lipinski definition) is 4. The molecule has 3 aliphatic rings. The molecule has 0 saturated heterocycles. The third-order valence-electron chi connectivity index (χ3n) is 5.11. The summed E-state index contributed by atoms with van der Waals surface area (Å²) >= 11 is 5.60. The van der Waals surface area contributed by atoms with Crippen molar-refractivity contribution in [2.75, 3.05) is 6.61 Å². The van der Waals surface area contributed by atoms with Crippen LogP contribution in [-0.2, 0) is 4.79 Å². The lowest BCUT2D eigenvalue weighted by Gasteiger charge is -2.70. The molecule has 146 valence electrons. The maximum absolute atomic E-state index is 13.4. The molecule has 0 radical (unpaired) electrons. The lowest BCUT2D eigenvalue weighted by atomic mass is 9.44. The Morgan fingerprint density at radius 2 is 1.93 bits per heavy atom. The average molecular weight is 406 g/mol. The van der Waals surface area contributed by atoms with Crippen molar-refractivity contribution < 1.29 is 23.4 Å². The third kappa shape index (κ3) is 3.47. The Hall–Kier alpha value is -2.87. The lowest BCUT2D eigenvalue weighted by molar-refractivity contribution is -0.605. The van der Waals surface area contributed by atoms with Gasteiger partial charge in [0, 0.05) is 23.2 Å². The van der Waals surface area contributed by atoms with Crippen LogP contribution in [0.25, 0.3) is 0 Å². The molecule has 2 aromatic rings. The molecule has 28 heavy (non-hydrogen) atoms. The second kappa shape index (κ2) is 6.63. The summed E-state index contributed by atoms with van der Waals surface area (Å²) in [5, 5.41) is 17.1. The van der Waals surface area contributed by atoms with Crippen molar-refractivity contribution in [2.24, 2.45) is 0 Å². The molecule has 1 aromatic heterocycles. The van der Waals surface area contributed by atoms with Crippen LogP contribution in [0.5, 0.6) is 5.75 Å². The molecule has 3 saturated carbocycles. The van der Waals surface area contributed by atoms with E-state index in [-0.39, 0.29) is 40.3 Å². The number of rotatable bonds is 6. The molecule has 5 rings (SSSR count). The first kappa shape index (κ1) is 18.5. The molecular formula is C19H17ClFN3O4. The van der Waals surface area contributed by atoms with Crippen molar-refractivity contribution >= 4 is 23.4 Å². The normalized spacial score (nSPS) is 24.5. The van der Waals surface area contributed by atoms with E-state index in [0.29, 0.717) is 29.6 Å². The quantitative estimate of drug-likeness (QED) is 0.565. The molecule has 9 heteroatoms. The average Bonchev–Trinajstić information content (AvgIpc) is 2.59.